The van der Waals surface area contributed by atoms with Crippen LogP contribution >= 0.6 is 11.3 Å². The zero-order valence-electron chi connectivity index (χ0n) is 14.9. The molecular weight excluding hydrogens is 324 g/mol. The number of carbonyl (C=O) groups is 1. The Kier molecular flexibility index (Phi) is 5.54. The van der Waals surface area contributed by atoms with Crippen LogP contribution < -0.4 is 5.32 Å². The fourth-order valence-corrected chi connectivity index (χ4v) is 3.92. The zero-order valence-corrected chi connectivity index (χ0v) is 15.7. The standard InChI is InChI=1S/C17H28N4O2S/c1-17(2,3)16-19-13(12-24-16)10-20-5-7-21(8-6-20)15(22)14-11-23-9-4-18-14/h12,14,18H,4-11H2,1-3H3. The van der Waals surface area contributed by atoms with Gasteiger partial charge in [-0.05, 0) is 0 Å². The van der Waals surface area contributed by atoms with Crippen LogP contribution in [0.15, 0.2) is 5.38 Å². The Morgan fingerprint density at radius 2 is 2.12 bits per heavy atom. The summed E-state index contributed by atoms with van der Waals surface area (Å²) in [5.41, 5.74) is 1.26. The molecule has 3 heterocycles. The fraction of sp³-hybridized carbons (Fsp3) is 0.765. The van der Waals surface area contributed by atoms with E-state index in [-0.39, 0.29) is 17.4 Å². The SMILES string of the molecule is CC(C)(C)c1nc(CN2CCN(C(=O)C3COCCN3)CC2)cs1. The van der Waals surface area contributed by atoms with Gasteiger partial charge in [-0.3, -0.25) is 9.69 Å². The molecule has 1 N–H and O–H groups in total. The van der Waals surface area contributed by atoms with Gasteiger partial charge in [0.05, 0.1) is 23.9 Å². The van der Waals surface area contributed by atoms with Gasteiger partial charge >= 0.3 is 0 Å². The molecule has 1 aromatic heterocycles. The predicted octanol–water partition coefficient (Wildman–Crippen LogP) is 1.07. The number of hydrogen-bond donors (Lipinski definition) is 1. The molecule has 1 aromatic rings. The normalized spacial score (nSPS) is 23.5. The molecule has 0 aliphatic carbocycles. The van der Waals surface area contributed by atoms with Crippen molar-refractivity contribution in [3.63, 3.8) is 0 Å². The minimum absolute atomic E-state index is 0.114. The van der Waals surface area contributed by atoms with E-state index in [4.69, 9.17) is 9.72 Å². The van der Waals surface area contributed by atoms with Gasteiger partial charge < -0.3 is 15.0 Å². The van der Waals surface area contributed by atoms with E-state index in [1.165, 1.54) is 5.01 Å². The van der Waals surface area contributed by atoms with Crippen LogP contribution in [0.2, 0.25) is 0 Å². The Hall–Kier alpha value is -1.02. The van der Waals surface area contributed by atoms with Crippen molar-refractivity contribution in [1.82, 2.24) is 20.1 Å². The van der Waals surface area contributed by atoms with Gasteiger partial charge in [0.2, 0.25) is 5.91 Å². The van der Waals surface area contributed by atoms with Crippen molar-refractivity contribution in [3.05, 3.63) is 16.1 Å². The number of hydrogen-bond acceptors (Lipinski definition) is 6. The summed E-state index contributed by atoms with van der Waals surface area (Å²) < 4.78 is 5.40. The highest BCUT2D eigenvalue weighted by atomic mass is 32.1. The molecule has 2 saturated heterocycles. The fourth-order valence-electron chi connectivity index (χ4n) is 3.02. The molecule has 0 spiro atoms. The zero-order chi connectivity index (χ0) is 17.2. The van der Waals surface area contributed by atoms with E-state index in [1.54, 1.807) is 11.3 Å². The van der Waals surface area contributed by atoms with Gasteiger partial charge in [0, 0.05) is 50.1 Å². The number of piperazine rings is 1. The Morgan fingerprint density at radius 1 is 1.38 bits per heavy atom. The highest BCUT2D eigenvalue weighted by Crippen LogP contribution is 2.26. The summed E-state index contributed by atoms with van der Waals surface area (Å²) in [5, 5.41) is 6.60. The van der Waals surface area contributed by atoms with E-state index in [1.807, 2.05) is 4.90 Å². The van der Waals surface area contributed by atoms with Gasteiger partial charge in [-0.15, -0.1) is 11.3 Å². The summed E-state index contributed by atoms with van der Waals surface area (Å²) in [5.74, 6) is 0.179. The molecule has 0 aromatic carbocycles. The molecule has 134 valence electrons. The van der Waals surface area contributed by atoms with Gasteiger partial charge in [0.1, 0.15) is 6.04 Å². The van der Waals surface area contributed by atoms with Crippen LogP contribution in [-0.2, 0) is 21.5 Å². The number of nitrogens with one attached hydrogen (secondary N) is 1. The molecule has 2 fully saturated rings. The first-order valence-electron chi connectivity index (χ1n) is 8.70. The Labute approximate surface area is 148 Å². The van der Waals surface area contributed by atoms with Gasteiger partial charge in [-0.1, -0.05) is 20.8 Å². The Balaban J connectivity index is 1.48. The van der Waals surface area contributed by atoms with Crippen molar-refractivity contribution >= 4 is 17.2 Å². The molecule has 2 aliphatic heterocycles. The third-order valence-electron chi connectivity index (χ3n) is 4.48. The summed E-state index contributed by atoms with van der Waals surface area (Å²) in [7, 11) is 0. The van der Waals surface area contributed by atoms with Crippen molar-refractivity contribution in [2.45, 2.75) is 38.8 Å². The number of nitrogens with zero attached hydrogens (tertiary/aromatic N) is 3. The maximum absolute atomic E-state index is 12.5. The highest BCUT2D eigenvalue weighted by molar-refractivity contribution is 7.09. The molecule has 1 atom stereocenters. The average Bonchev–Trinajstić information content (AvgIpc) is 3.05. The second kappa shape index (κ2) is 7.47. The minimum atomic E-state index is -0.168. The van der Waals surface area contributed by atoms with Crippen molar-refractivity contribution < 1.29 is 9.53 Å². The summed E-state index contributed by atoms with van der Waals surface area (Å²) in [4.78, 5) is 21.6. The van der Waals surface area contributed by atoms with Gasteiger partial charge in [-0.25, -0.2) is 4.98 Å². The topological polar surface area (TPSA) is 57.7 Å². The predicted molar refractivity (Wildman–Crippen MR) is 95.3 cm³/mol. The number of rotatable bonds is 3. The maximum Gasteiger partial charge on any atom is 0.242 e. The van der Waals surface area contributed by atoms with Crippen LogP contribution in [0, 0.1) is 0 Å². The summed E-state index contributed by atoms with van der Waals surface area (Å²) in [6.07, 6.45) is 0. The number of thiazole rings is 1. The largest absolute Gasteiger partial charge is 0.378 e. The first kappa shape index (κ1) is 17.8. The molecule has 6 nitrogen and oxygen atoms in total. The highest BCUT2D eigenvalue weighted by Gasteiger charge is 2.29. The first-order chi connectivity index (χ1) is 11.4. The number of ether oxygens (including phenoxy) is 1. The van der Waals surface area contributed by atoms with E-state index in [9.17, 15) is 4.79 Å². The lowest BCUT2D eigenvalue weighted by atomic mass is 9.98. The molecule has 24 heavy (non-hydrogen) atoms. The van der Waals surface area contributed by atoms with E-state index in [0.717, 1.165) is 45.0 Å². The third-order valence-corrected chi connectivity index (χ3v) is 5.80. The van der Waals surface area contributed by atoms with Crippen LogP contribution in [0.4, 0.5) is 0 Å². The summed E-state index contributed by atoms with van der Waals surface area (Å²) in [6.45, 7) is 12.8. The number of amides is 1. The monoisotopic (exact) mass is 352 g/mol. The van der Waals surface area contributed by atoms with Crippen LogP contribution in [0.25, 0.3) is 0 Å². The van der Waals surface area contributed by atoms with E-state index >= 15 is 0 Å². The van der Waals surface area contributed by atoms with E-state index in [0.29, 0.717) is 13.2 Å². The molecule has 1 amide bonds. The second-order valence-electron chi connectivity index (χ2n) is 7.58. The second-order valence-corrected chi connectivity index (χ2v) is 8.44. The number of carbonyl (C=O) groups excluding carboxylic acids is 1. The molecule has 2 aliphatic rings. The van der Waals surface area contributed by atoms with Crippen LogP contribution in [0.1, 0.15) is 31.5 Å². The quantitative estimate of drug-likeness (QED) is 0.882. The lowest BCUT2D eigenvalue weighted by Crippen LogP contribution is -2.57. The summed E-state index contributed by atoms with van der Waals surface area (Å²) in [6, 6.07) is -0.168. The van der Waals surface area contributed by atoms with E-state index < -0.39 is 0 Å². The Morgan fingerprint density at radius 3 is 2.71 bits per heavy atom. The molecule has 3 rings (SSSR count). The summed E-state index contributed by atoms with van der Waals surface area (Å²) >= 11 is 1.74. The lowest BCUT2D eigenvalue weighted by Gasteiger charge is -2.37. The lowest BCUT2D eigenvalue weighted by molar-refractivity contribution is -0.138. The van der Waals surface area contributed by atoms with Crippen molar-refractivity contribution in [3.8, 4) is 0 Å². The van der Waals surface area contributed by atoms with Crippen LogP contribution in [-0.4, -0.2) is 72.7 Å². The van der Waals surface area contributed by atoms with Crippen LogP contribution in [0.5, 0.6) is 0 Å². The number of morpholine rings is 1. The molecule has 0 bridgehead atoms. The Bertz CT molecular complexity index is 555. The number of aromatic nitrogens is 1. The minimum Gasteiger partial charge on any atom is -0.378 e. The third kappa shape index (κ3) is 4.33. The molecule has 7 heteroatoms. The van der Waals surface area contributed by atoms with Gasteiger partial charge in [0.25, 0.3) is 0 Å². The molecule has 1 unspecified atom stereocenters. The van der Waals surface area contributed by atoms with Gasteiger partial charge in [0.15, 0.2) is 0 Å². The maximum atomic E-state index is 12.5. The smallest absolute Gasteiger partial charge is 0.242 e. The van der Waals surface area contributed by atoms with Crippen molar-refractivity contribution in [1.29, 1.82) is 0 Å². The average molecular weight is 353 g/mol. The first-order valence-corrected chi connectivity index (χ1v) is 9.58. The van der Waals surface area contributed by atoms with E-state index in [2.05, 4.69) is 36.4 Å². The van der Waals surface area contributed by atoms with Crippen molar-refractivity contribution in [2.24, 2.45) is 0 Å². The van der Waals surface area contributed by atoms with Crippen LogP contribution in [0.3, 0.4) is 0 Å². The molecular formula is C17H28N4O2S. The van der Waals surface area contributed by atoms with Gasteiger partial charge in [-0.2, -0.15) is 0 Å². The molecule has 0 radical (unpaired) electrons. The van der Waals surface area contributed by atoms with Crippen molar-refractivity contribution in [2.75, 3.05) is 45.9 Å². The molecule has 0 saturated carbocycles.